The van der Waals surface area contributed by atoms with Crippen molar-refractivity contribution in [2.45, 2.75) is 44.7 Å². The number of halogens is 1. The largest absolute Gasteiger partial charge is 0.355 e. The molecule has 0 aliphatic carbocycles. The van der Waals surface area contributed by atoms with Gasteiger partial charge in [0.2, 0.25) is 11.9 Å². The van der Waals surface area contributed by atoms with Crippen LogP contribution < -0.4 is 15.5 Å². The van der Waals surface area contributed by atoms with E-state index in [0.29, 0.717) is 12.1 Å². The van der Waals surface area contributed by atoms with Crippen LogP contribution in [-0.4, -0.2) is 97.1 Å². The maximum absolute atomic E-state index is 12.0. The highest BCUT2D eigenvalue weighted by Crippen LogP contribution is 2.16. The van der Waals surface area contributed by atoms with E-state index in [0.717, 1.165) is 50.9 Å². The van der Waals surface area contributed by atoms with Crippen LogP contribution in [0.3, 0.4) is 0 Å². The number of amides is 1. The second kappa shape index (κ2) is 13.0. The van der Waals surface area contributed by atoms with Gasteiger partial charge in [0.15, 0.2) is 5.96 Å². The first-order valence-electron chi connectivity index (χ1n) is 11.1. The maximum atomic E-state index is 12.0. The SMILES string of the molecule is CCN1CCCC1CNC(=NCC(=O)N(C)C)NC1CCN(c2ncccn2)CC1.I. The molecule has 1 amide bonds. The third-order valence-corrected chi connectivity index (χ3v) is 5.95. The van der Waals surface area contributed by atoms with Crippen LogP contribution in [0.25, 0.3) is 0 Å². The number of piperidine rings is 1. The second-order valence-electron chi connectivity index (χ2n) is 8.21. The molecule has 0 radical (unpaired) electrons. The highest BCUT2D eigenvalue weighted by atomic mass is 127. The quantitative estimate of drug-likeness (QED) is 0.303. The first-order valence-corrected chi connectivity index (χ1v) is 11.1. The van der Waals surface area contributed by atoms with Crippen molar-refractivity contribution < 1.29 is 4.79 Å². The number of aliphatic imine (C=N–C) groups is 1. The molecule has 1 atom stereocenters. The highest BCUT2D eigenvalue weighted by Gasteiger charge is 2.25. The van der Waals surface area contributed by atoms with Crippen LogP contribution in [0, 0.1) is 0 Å². The lowest BCUT2D eigenvalue weighted by Crippen LogP contribution is -2.51. The number of nitrogens with zero attached hydrogens (tertiary/aromatic N) is 6. The van der Waals surface area contributed by atoms with Gasteiger partial charge in [-0.1, -0.05) is 6.92 Å². The van der Waals surface area contributed by atoms with Crippen LogP contribution in [0.5, 0.6) is 0 Å². The number of likely N-dealkylation sites (N-methyl/N-ethyl adjacent to an activating group) is 2. The van der Waals surface area contributed by atoms with E-state index >= 15 is 0 Å². The molecule has 2 N–H and O–H groups in total. The standard InChI is InChI=1S/C21H36N8O.HI/c1-4-28-12-5-7-18(28)15-24-20(25-16-19(30)27(2)3)26-17-8-13-29(14-9-17)21-22-10-6-11-23-21;/h6,10-11,17-18H,4-5,7-9,12-16H2,1-3H3,(H2,24,25,26);1H. The fourth-order valence-electron chi connectivity index (χ4n) is 4.07. The van der Waals surface area contributed by atoms with Crippen LogP contribution in [0.15, 0.2) is 23.5 Å². The Morgan fingerprint density at radius 2 is 1.90 bits per heavy atom. The Labute approximate surface area is 203 Å². The Bertz CT molecular complexity index is 694. The Kier molecular flexibility index (Phi) is 10.7. The highest BCUT2D eigenvalue weighted by molar-refractivity contribution is 14.0. The predicted molar refractivity (Wildman–Crippen MR) is 135 cm³/mol. The number of carbonyl (C=O) groups is 1. The lowest BCUT2D eigenvalue weighted by atomic mass is 10.1. The zero-order valence-electron chi connectivity index (χ0n) is 19.0. The van der Waals surface area contributed by atoms with E-state index in [1.807, 2.05) is 6.07 Å². The number of hydrogen-bond donors (Lipinski definition) is 2. The minimum absolute atomic E-state index is 0. The molecule has 9 nitrogen and oxygen atoms in total. The number of guanidine groups is 1. The fourth-order valence-corrected chi connectivity index (χ4v) is 4.07. The molecular formula is C21H37IN8O. The molecule has 0 bridgehead atoms. The normalized spacial score (nSPS) is 20.3. The molecule has 10 heteroatoms. The Morgan fingerprint density at radius 3 is 2.55 bits per heavy atom. The summed E-state index contributed by atoms with van der Waals surface area (Å²) in [5.74, 6) is 1.53. The first kappa shape index (κ1) is 25.6. The number of likely N-dealkylation sites (tertiary alicyclic amines) is 1. The summed E-state index contributed by atoms with van der Waals surface area (Å²) in [6.45, 7) is 7.27. The molecule has 2 fully saturated rings. The monoisotopic (exact) mass is 544 g/mol. The summed E-state index contributed by atoms with van der Waals surface area (Å²) in [7, 11) is 3.52. The van der Waals surface area contributed by atoms with Gasteiger partial charge >= 0.3 is 0 Å². The number of rotatable bonds is 7. The van der Waals surface area contributed by atoms with Crippen LogP contribution >= 0.6 is 24.0 Å². The topological polar surface area (TPSA) is 89.0 Å². The smallest absolute Gasteiger partial charge is 0.243 e. The number of nitrogens with one attached hydrogen (secondary N) is 2. The summed E-state index contributed by atoms with van der Waals surface area (Å²) in [6, 6.07) is 2.69. The van der Waals surface area contributed by atoms with Crippen molar-refractivity contribution in [1.29, 1.82) is 0 Å². The molecule has 3 heterocycles. The second-order valence-corrected chi connectivity index (χ2v) is 8.21. The molecule has 2 saturated heterocycles. The van der Waals surface area contributed by atoms with Gasteiger partial charge in [0.25, 0.3) is 0 Å². The van der Waals surface area contributed by atoms with E-state index < -0.39 is 0 Å². The van der Waals surface area contributed by atoms with Crippen LogP contribution in [0.1, 0.15) is 32.6 Å². The average molecular weight is 544 g/mol. The summed E-state index contributed by atoms with van der Waals surface area (Å²) in [5.41, 5.74) is 0. The van der Waals surface area contributed by atoms with E-state index in [9.17, 15) is 4.79 Å². The molecule has 0 aromatic carbocycles. The van der Waals surface area contributed by atoms with Gasteiger partial charge in [0.05, 0.1) is 0 Å². The molecule has 1 aromatic heterocycles. The Balaban J connectivity index is 0.00000341. The zero-order valence-corrected chi connectivity index (χ0v) is 21.3. The summed E-state index contributed by atoms with van der Waals surface area (Å²) in [4.78, 5) is 31.6. The van der Waals surface area contributed by atoms with E-state index in [4.69, 9.17) is 0 Å². The third kappa shape index (κ3) is 7.74. The van der Waals surface area contributed by atoms with Crippen molar-refractivity contribution in [1.82, 2.24) is 30.4 Å². The maximum Gasteiger partial charge on any atom is 0.243 e. The van der Waals surface area contributed by atoms with Gasteiger partial charge in [0, 0.05) is 58.2 Å². The molecule has 1 aromatic rings. The van der Waals surface area contributed by atoms with E-state index in [1.165, 1.54) is 19.4 Å². The molecule has 31 heavy (non-hydrogen) atoms. The summed E-state index contributed by atoms with van der Waals surface area (Å²) in [6.07, 6.45) is 7.98. The average Bonchev–Trinajstić information content (AvgIpc) is 3.24. The predicted octanol–water partition coefficient (Wildman–Crippen LogP) is 1.17. The van der Waals surface area contributed by atoms with Crippen LogP contribution in [-0.2, 0) is 4.79 Å². The minimum Gasteiger partial charge on any atom is -0.355 e. The van der Waals surface area contributed by atoms with E-state index in [1.54, 1.807) is 31.4 Å². The molecule has 0 saturated carbocycles. The summed E-state index contributed by atoms with van der Waals surface area (Å²) < 4.78 is 0. The molecule has 2 aliphatic rings. The van der Waals surface area contributed by atoms with Gasteiger partial charge in [-0.25, -0.2) is 15.0 Å². The van der Waals surface area contributed by atoms with Crippen LogP contribution in [0.2, 0.25) is 0 Å². The van der Waals surface area contributed by atoms with Crippen LogP contribution in [0.4, 0.5) is 5.95 Å². The van der Waals surface area contributed by atoms with E-state index in [2.05, 4.69) is 42.3 Å². The number of hydrogen-bond acceptors (Lipinski definition) is 6. The van der Waals surface area contributed by atoms with E-state index in [-0.39, 0.29) is 36.4 Å². The third-order valence-electron chi connectivity index (χ3n) is 5.95. The van der Waals surface area contributed by atoms with Gasteiger partial charge in [-0.2, -0.15) is 0 Å². The zero-order chi connectivity index (χ0) is 21.3. The van der Waals surface area contributed by atoms with Crippen molar-refractivity contribution in [3.63, 3.8) is 0 Å². The Morgan fingerprint density at radius 1 is 1.19 bits per heavy atom. The molecule has 0 spiro atoms. The number of carbonyl (C=O) groups excluding carboxylic acids is 1. The lowest BCUT2D eigenvalue weighted by Gasteiger charge is -2.33. The number of anilines is 1. The minimum atomic E-state index is 0. The molecule has 1 unspecified atom stereocenters. The van der Waals surface area contributed by atoms with Gasteiger partial charge < -0.3 is 20.4 Å². The van der Waals surface area contributed by atoms with Gasteiger partial charge in [-0.15, -0.1) is 24.0 Å². The van der Waals surface area contributed by atoms with Crippen molar-refractivity contribution in [2.24, 2.45) is 4.99 Å². The van der Waals surface area contributed by atoms with Crippen molar-refractivity contribution in [3.8, 4) is 0 Å². The van der Waals surface area contributed by atoms with Crippen molar-refractivity contribution in [3.05, 3.63) is 18.5 Å². The molecule has 174 valence electrons. The first-order chi connectivity index (χ1) is 14.6. The van der Waals surface area contributed by atoms with Gasteiger partial charge in [-0.3, -0.25) is 9.69 Å². The molecular weight excluding hydrogens is 507 g/mol. The molecule has 2 aliphatic heterocycles. The van der Waals surface area contributed by atoms with Crippen molar-refractivity contribution >= 4 is 41.8 Å². The molecule has 3 rings (SSSR count). The lowest BCUT2D eigenvalue weighted by molar-refractivity contribution is -0.127. The Hall–Kier alpha value is -1.69. The van der Waals surface area contributed by atoms with Gasteiger partial charge in [-0.05, 0) is 44.8 Å². The fraction of sp³-hybridized carbons (Fsp3) is 0.714. The summed E-state index contributed by atoms with van der Waals surface area (Å²) >= 11 is 0. The summed E-state index contributed by atoms with van der Waals surface area (Å²) in [5, 5.41) is 7.06. The van der Waals surface area contributed by atoms with Crippen molar-refractivity contribution in [2.75, 3.05) is 58.3 Å². The number of aromatic nitrogens is 2. The van der Waals surface area contributed by atoms with Gasteiger partial charge in [0.1, 0.15) is 6.54 Å².